The van der Waals surface area contributed by atoms with E-state index in [4.69, 9.17) is 10.5 Å². The molecule has 1 spiro atoms. The largest absolute Gasteiger partial charge is 0.381 e. The predicted molar refractivity (Wildman–Crippen MR) is 60.4 cm³/mol. The third-order valence-electron chi connectivity index (χ3n) is 5.68. The first kappa shape index (κ1) is 10.1. The van der Waals surface area contributed by atoms with E-state index in [1.807, 2.05) is 7.11 Å². The third-order valence-corrected chi connectivity index (χ3v) is 5.68. The molecule has 3 saturated carbocycles. The topological polar surface area (TPSA) is 35.2 Å². The number of fused-ring (bicyclic) bond motifs is 3. The highest BCUT2D eigenvalue weighted by atomic mass is 16.5. The molecule has 3 fully saturated rings. The average molecular weight is 209 g/mol. The van der Waals surface area contributed by atoms with Crippen molar-refractivity contribution < 1.29 is 4.74 Å². The molecule has 0 aliphatic heterocycles. The summed E-state index contributed by atoms with van der Waals surface area (Å²) in [6.45, 7) is 2.33. The van der Waals surface area contributed by atoms with Gasteiger partial charge in [-0.2, -0.15) is 0 Å². The van der Waals surface area contributed by atoms with Gasteiger partial charge in [0.1, 0.15) is 0 Å². The highest BCUT2D eigenvalue weighted by Crippen LogP contribution is 2.63. The lowest BCUT2D eigenvalue weighted by molar-refractivity contribution is 0.0593. The Hall–Kier alpha value is -0.0800. The first-order valence-electron chi connectivity index (χ1n) is 6.46. The van der Waals surface area contributed by atoms with Gasteiger partial charge in [0.2, 0.25) is 0 Å². The van der Waals surface area contributed by atoms with Crippen LogP contribution in [0.2, 0.25) is 0 Å². The van der Waals surface area contributed by atoms with Crippen LogP contribution in [0.4, 0.5) is 0 Å². The molecular weight excluding hydrogens is 186 g/mol. The molecule has 2 N–H and O–H groups in total. The Balaban J connectivity index is 1.86. The normalized spacial score (nSPS) is 58.2. The monoisotopic (exact) mass is 209 g/mol. The Kier molecular flexibility index (Phi) is 2.16. The zero-order valence-corrected chi connectivity index (χ0v) is 9.91. The number of methoxy groups -OCH3 is 1. The van der Waals surface area contributed by atoms with Crippen molar-refractivity contribution in [3.63, 3.8) is 0 Å². The number of ether oxygens (including phenoxy) is 1. The smallest absolute Gasteiger partial charge is 0.0603 e. The van der Waals surface area contributed by atoms with E-state index in [1.54, 1.807) is 0 Å². The fourth-order valence-electron chi connectivity index (χ4n) is 4.92. The Morgan fingerprint density at radius 1 is 1.27 bits per heavy atom. The van der Waals surface area contributed by atoms with Gasteiger partial charge in [0.25, 0.3) is 0 Å². The maximum absolute atomic E-state index is 6.48. The summed E-state index contributed by atoms with van der Waals surface area (Å²) in [5, 5.41) is 0. The zero-order chi connectivity index (χ0) is 10.6. The van der Waals surface area contributed by atoms with Crippen LogP contribution < -0.4 is 5.73 Å². The summed E-state index contributed by atoms with van der Waals surface area (Å²) >= 11 is 0. The molecule has 2 bridgehead atoms. The fourth-order valence-corrected chi connectivity index (χ4v) is 4.92. The zero-order valence-electron chi connectivity index (χ0n) is 9.91. The van der Waals surface area contributed by atoms with Crippen molar-refractivity contribution in [2.45, 2.75) is 51.2 Å². The lowest BCUT2D eigenvalue weighted by atomic mass is 9.68. The highest BCUT2D eigenvalue weighted by Gasteiger charge is 2.60. The summed E-state index contributed by atoms with van der Waals surface area (Å²) in [6.07, 6.45) is 7.24. The minimum atomic E-state index is 0.461. The second kappa shape index (κ2) is 3.21. The highest BCUT2D eigenvalue weighted by molar-refractivity contribution is 5.12. The summed E-state index contributed by atoms with van der Waals surface area (Å²) in [5.41, 5.74) is 6.95. The Morgan fingerprint density at radius 2 is 2.07 bits per heavy atom. The minimum Gasteiger partial charge on any atom is -0.381 e. The molecular formula is C13H23NO. The van der Waals surface area contributed by atoms with Crippen LogP contribution >= 0.6 is 0 Å². The van der Waals surface area contributed by atoms with Gasteiger partial charge in [-0.1, -0.05) is 6.92 Å². The summed E-state index contributed by atoms with van der Waals surface area (Å²) in [5.74, 6) is 2.46. The van der Waals surface area contributed by atoms with Crippen LogP contribution in [0, 0.1) is 23.2 Å². The fraction of sp³-hybridized carbons (Fsp3) is 1.00. The van der Waals surface area contributed by atoms with Gasteiger partial charge < -0.3 is 10.5 Å². The first-order valence-corrected chi connectivity index (χ1v) is 6.46. The van der Waals surface area contributed by atoms with Gasteiger partial charge in [-0.25, -0.2) is 0 Å². The molecule has 86 valence electrons. The Morgan fingerprint density at radius 3 is 2.60 bits per heavy atom. The molecule has 0 amide bonds. The molecule has 2 nitrogen and oxygen atoms in total. The van der Waals surface area contributed by atoms with E-state index in [-0.39, 0.29) is 0 Å². The molecule has 6 atom stereocenters. The van der Waals surface area contributed by atoms with E-state index >= 15 is 0 Å². The van der Waals surface area contributed by atoms with Crippen molar-refractivity contribution in [1.82, 2.24) is 0 Å². The Labute approximate surface area is 92.6 Å². The molecule has 1 unspecified atom stereocenters. The van der Waals surface area contributed by atoms with E-state index < -0.39 is 0 Å². The molecule has 0 aromatic heterocycles. The van der Waals surface area contributed by atoms with Gasteiger partial charge in [0.15, 0.2) is 0 Å². The average Bonchev–Trinajstić information content (AvgIpc) is 2.85. The molecule has 3 aliphatic carbocycles. The van der Waals surface area contributed by atoms with E-state index in [0.717, 1.165) is 11.8 Å². The number of nitrogens with two attached hydrogens (primary N) is 1. The molecule has 0 aromatic carbocycles. The molecule has 2 heteroatoms. The standard InChI is InChI=1S/C13H23NO/c1-8-6-13(7-11(8)15-2)10-4-3-9(5-10)12(13)14/h8-12H,3-7,14H2,1-2H3/t8-,9+,10-,11-,12-,13?/m0/s1. The Bertz CT molecular complexity index is 263. The van der Waals surface area contributed by atoms with Crippen molar-refractivity contribution in [1.29, 1.82) is 0 Å². The van der Waals surface area contributed by atoms with Gasteiger partial charge in [-0.3, -0.25) is 0 Å². The van der Waals surface area contributed by atoms with Gasteiger partial charge in [0.05, 0.1) is 6.10 Å². The van der Waals surface area contributed by atoms with Gasteiger partial charge in [-0.15, -0.1) is 0 Å². The van der Waals surface area contributed by atoms with Crippen LogP contribution in [0.15, 0.2) is 0 Å². The van der Waals surface area contributed by atoms with Crippen molar-refractivity contribution in [3.05, 3.63) is 0 Å². The summed E-state index contributed by atoms with van der Waals surface area (Å²) in [4.78, 5) is 0. The van der Waals surface area contributed by atoms with E-state index in [1.165, 1.54) is 32.1 Å². The molecule has 3 rings (SSSR count). The molecule has 15 heavy (non-hydrogen) atoms. The molecule has 0 radical (unpaired) electrons. The third kappa shape index (κ3) is 1.18. The summed E-state index contributed by atoms with van der Waals surface area (Å²) in [6, 6.07) is 0.471. The first-order chi connectivity index (χ1) is 7.17. The van der Waals surface area contributed by atoms with E-state index in [9.17, 15) is 0 Å². The predicted octanol–water partition coefficient (Wildman–Crippen LogP) is 2.17. The lowest BCUT2D eigenvalue weighted by Gasteiger charge is -2.39. The molecule has 0 saturated heterocycles. The summed E-state index contributed by atoms with van der Waals surface area (Å²) in [7, 11) is 1.86. The lowest BCUT2D eigenvalue weighted by Crippen LogP contribution is -2.45. The van der Waals surface area contributed by atoms with Crippen molar-refractivity contribution in [2.24, 2.45) is 28.9 Å². The summed E-state index contributed by atoms with van der Waals surface area (Å²) < 4.78 is 5.61. The van der Waals surface area contributed by atoms with Gasteiger partial charge >= 0.3 is 0 Å². The van der Waals surface area contributed by atoms with Gasteiger partial charge in [-0.05, 0) is 55.3 Å². The second-order valence-electron chi connectivity index (χ2n) is 6.19. The molecule has 0 heterocycles. The number of rotatable bonds is 1. The van der Waals surface area contributed by atoms with Crippen LogP contribution in [0.5, 0.6) is 0 Å². The quantitative estimate of drug-likeness (QED) is 0.718. The van der Waals surface area contributed by atoms with Crippen LogP contribution in [-0.4, -0.2) is 19.3 Å². The van der Waals surface area contributed by atoms with E-state index in [0.29, 0.717) is 23.5 Å². The molecule has 0 aromatic rings. The minimum absolute atomic E-state index is 0.461. The maximum atomic E-state index is 6.48. The maximum Gasteiger partial charge on any atom is 0.0603 e. The van der Waals surface area contributed by atoms with Crippen LogP contribution in [0.25, 0.3) is 0 Å². The second-order valence-corrected chi connectivity index (χ2v) is 6.19. The SMILES string of the molecule is CO[C@H]1CC2(C[C@@H]1C)[C@H]1CC[C@H](C1)[C@@H]2N. The van der Waals surface area contributed by atoms with Crippen molar-refractivity contribution >= 4 is 0 Å². The number of hydrogen-bond donors (Lipinski definition) is 1. The molecule has 3 aliphatic rings. The van der Waals surface area contributed by atoms with E-state index in [2.05, 4.69) is 6.92 Å². The van der Waals surface area contributed by atoms with Crippen molar-refractivity contribution in [3.8, 4) is 0 Å². The van der Waals surface area contributed by atoms with Crippen LogP contribution in [0.3, 0.4) is 0 Å². The van der Waals surface area contributed by atoms with Crippen LogP contribution in [-0.2, 0) is 4.74 Å². The number of hydrogen-bond acceptors (Lipinski definition) is 2. The van der Waals surface area contributed by atoms with Crippen molar-refractivity contribution in [2.75, 3.05) is 7.11 Å². The van der Waals surface area contributed by atoms with Gasteiger partial charge in [0, 0.05) is 13.2 Å². The van der Waals surface area contributed by atoms with Crippen LogP contribution in [0.1, 0.15) is 39.0 Å².